The number of nitrogens with one attached hydrogen (secondary N) is 1. The van der Waals surface area contributed by atoms with Crippen LogP contribution in [-0.2, 0) is 4.79 Å². The molecule has 0 saturated heterocycles. The Labute approximate surface area is 179 Å². The van der Waals surface area contributed by atoms with Crippen molar-refractivity contribution in [1.29, 1.82) is 5.26 Å². The molecule has 0 aromatic heterocycles. The van der Waals surface area contributed by atoms with E-state index >= 15 is 0 Å². The van der Waals surface area contributed by atoms with E-state index < -0.39 is 5.97 Å². The minimum Gasteiger partial charge on any atom is -0.423 e. The lowest BCUT2D eigenvalue weighted by atomic mass is 10.0. The van der Waals surface area contributed by atoms with Crippen molar-refractivity contribution < 1.29 is 14.3 Å². The second-order valence-corrected chi connectivity index (χ2v) is 6.84. The van der Waals surface area contributed by atoms with Gasteiger partial charge in [0.15, 0.2) is 0 Å². The highest BCUT2D eigenvalue weighted by atomic mass is 35.5. The second-order valence-electron chi connectivity index (χ2n) is 6.40. The Morgan fingerprint density at radius 1 is 1.00 bits per heavy atom. The van der Waals surface area contributed by atoms with Crippen LogP contribution in [-0.4, -0.2) is 11.9 Å². The van der Waals surface area contributed by atoms with Crippen molar-refractivity contribution in [3.8, 4) is 11.8 Å². The predicted octanol–water partition coefficient (Wildman–Crippen LogP) is 5.58. The molecule has 3 aromatic carbocycles. The van der Waals surface area contributed by atoms with Crippen molar-refractivity contribution in [2.45, 2.75) is 6.92 Å². The average Bonchev–Trinajstić information content (AvgIpc) is 2.73. The highest BCUT2D eigenvalue weighted by molar-refractivity contribution is 6.30. The fourth-order valence-electron chi connectivity index (χ4n) is 2.73. The molecule has 0 saturated carbocycles. The lowest BCUT2D eigenvalue weighted by Crippen LogP contribution is -2.10. The number of benzene rings is 3. The average molecular weight is 417 g/mol. The van der Waals surface area contributed by atoms with Gasteiger partial charge < -0.3 is 10.1 Å². The number of carbonyl (C=O) groups is 2. The summed E-state index contributed by atoms with van der Waals surface area (Å²) in [5, 5.41) is 12.6. The van der Waals surface area contributed by atoms with E-state index in [1.165, 1.54) is 6.92 Å². The van der Waals surface area contributed by atoms with Crippen LogP contribution in [0.3, 0.4) is 0 Å². The van der Waals surface area contributed by atoms with Crippen LogP contribution in [0.25, 0.3) is 11.6 Å². The molecule has 0 aliphatic carbocycles. The normalized spacial score (nSPS) is 10.8. The molecule has 0 atom stereocenters. The standard InChI is InChI=1S/C24H17ClN2O3/c1-16(28)27-22-7-3-5-19(14-22)24(29)30-23-10-8-17(9-11-23)12-20(15-26)18-4-2-6-21(25)13-18/h2-14H,1H3,(H,27,28)/b20-12-. The maximum absolute atomic E-state index is 12.4. The van der Waals surface area contributed by atoms with Gasteiger partial charge in [0.25, 0.3) is 0 Å². The summed E-state index contributed by atoms with van der Waals surface area (Å²) < 4.78 is 5.39. The second kappa shape index (κ2) is 9.55. The van der Waals surface area contributed by atoms with Gasteiger partial charge in [-0.25, -0.2) is 4.79 Å². The van der Waals surface area contributed by atoms with E-state index in [2.05, 4.69) is 11.4 Å². The predicted molar refractivity (Wildman–Crippen MR) is 117 cm³/mol. The molecule has 0 unspecified atom stereocenters. The van der Waals surface area contributed by atoms with Crippen molar-refractivity contribution in [3.05, 3.63) is 94.5 Å². The number of carbonyl (C=O) groups excluding carboxylic acids is 2. The third-order valence-electron chi connectivity index (χ3n) is 4.08. The van der Waals surface area contributed by atoms with Gasteiger partial charge in [0.2, 0.25) is 5.91 Å². The summed E-state index contributed by atoms with van der Waals surface area (Å²) in [5.41, 5.74) is 2.80. The SMILES string of the molecule is CC(=O)Nc1cccc(C(=O)Oc2ccc(/C=C(/C#N)c3cccc(Cl)c3)cc2)c1. The Balaban J connectivity index is 1.73. The van der Waals surface area contributed by atoms with Crippen molar-refractivity contribution in [1.82, 2.24) is 0 Å². The van der Waals surface area contributed by atoms with Crippen LogP contribution >= 0.6 is 11.6 Å². The summed E-state index contributed by atoms with van der Waals surface area (Å²) in [7, 11) is 0. The quantitative estimate of drug-likeness (QED) is 0.255. The molecular weight excluding hydrogens is 400 g/mol. The first-order chi connectivity index (χ1) is 14.4. The maximum Gasteiger partial charge on any atom is 0.343 e. The highest BCUT2D eigenvalue weighted by Gasteiger charge is 2.10. The molecular formula is C24H17ClN2O3. The number of anilines is 1. The van der Waals surface area contributed by atoms with E-state index in [4.69, 9.17) is 16.3 Å². The van der Waals surface area contributed by atoms with Gasteiger partial charge in [-0.1, -0.05) is 41.9 Å². The lowest BCUT2D eigenvalue weighted by Gasteiger charge is -2.07. The largest absolute Gasteiger partial charge is 0.423 e. The minimum atomic E-state index is -0.540. The number of rotatable bonds is 5. The van der Waals surface area contributed by atoms with Crippen LogP contribution < -0.4 is 10.1 Å². The molecule has 3 aromatic rings. The number of ether oxygens (including phenoxy) is 1. The molecule has 0 heterocycles. The number of nitriles is 1. The number of allylic oxidation sites excluding steroid dienone is 1. The van der Waals surface area contributed by atoms with Gasteiger partial charge in [-0.05, 0) is 59.7 Å². The summed E-state index contributed by atoms with van der Waals surface area (Å²) >= 11 is 6.00. The third kappa shape index (κ3) is 5.57. The lowest BCUT2D eigenvalue weighted by molar-refractivity contribution is -0.114. The fourth-order valence-corrected chi connectivity index (χ4v) is 2.92. The molecule has 5 nitrogen and oxygen atoms in total. The zero-order chi connectivity index (χ0) is 21.5. The first-order valence-corrected chi connectivity index (χ1v) is 9.40. The number of halogens is 1. The summed E-state index contributed by atoms with van der Waals surface area (Å²) in [6, 6.07) is 22.5. The van der Waals surface area contributed by atoms with E-state index in [9.17, 15) is 14.9 Å². The Morgan fingerprint density at radius 2 is 1.70 bits per heavy atom. The van der Waals surface area contributed by atoms with Crippen LogP contribution in [0.5, 0.6) is 5.75 Å². The molecule has 0 spiro atoms. The molecule has 0 aliphatic rings. The molecule has 1 amide bonds. The smallest absolute Gasteiger partial charge is 0.343 e. The van der Waals surface area contributed by atoms with E-state index in [0.29, 0.717) is 27.6 Å². The summed E-state index contributed by atoms with van der Waals surface area (Å²) in [4.78, 5) is 23.5. The van der Waals surface area contributed by atoms with Crippen molar-refractivity contribution in [2.75, 3.05) is 5.32 Å². The number of nitrogens with zero attached hydrogens (tertiary/aromatic N) is 1. The number of esters is 1. The minimum absolute atomic E-state index is 0.223. The van der Waals surface area contributed by atoms with Gasteiger partial charge in [-0.2, -0.15) is 5.26 Å². The van der Waals surface area contributed by atoms with Crippen LogP contribution in [0.15, 0.2) is 72.8 Å². The first kappa shape index (κ1) is 20.8. The monoisotopic (exact) mass is 416 g/mol. The van der Waals surface area contributed by atoms with Gasteiger partial charge >= 0.3 is 5.97 Å². The Bertz CT molecular complexity index is 1160. The van der Waals surface area contributed by atoms with Gasteiger partial charge in [0.1, 0.15) is 5.75 Å². The molecule has 1 N–H and O–H groups in total. The molecule has 0 bridgehead atoms. The number of amides is 1. The van der Waals surface area contributed by atoms with Gasteiger partial charge in [0, 0.05) is 17.6 Å². The molecule has 0 radical (unpaired) electrons. The van der Waals surface area contributed by atoms with E-state index in [-0.39, 0.29) is 5.91 Å². The molecule has 3 rings (SSSR count). The third-order valence-corrected chi connectivity index (χ3v) is 4.31. The zero-order valence-electron chi connectivity index (χ0n) is 16.1. The Hall–Kier alpha value is -3.88. The Morgan fingerprint density at radius 3 is 2.37 bits per heavy atom. The maximum atomic E-state index is 12.4. The summed E-state index contributed by atoms with van der Waals surface area (Å²) in [5.74, 6) is -0.399. The van der Waals surface area contributed by atoms with Crippen LogP contribution in [0, 0.1) is 11.3 Å². The summed E-state index contributed by atoms with van der Waals surface area (Å²) in [6.07, 6.45) is 1.73. The van der Waals surface area contributed by atoms with Crippen LogP contribution in [0.2, 0.25) is 5.02 Å². The molecule has 148 valence electrons. The fraction of sp³-hybridized carbons (Fsp3) is 0.0417. The molecule has 30 heavy (non-hydrogen) atoms. The topological polar surface area (TPSA) is 79.2 Å². The highest BCUT2D eigenvalue weighted by Crippen LogP contribution is 2.22. The van der Waals surface area contributed by atoms with Gasteiger partial charge in [-0.15, -0.1) is 0 Å². The van der Waals surface area contributed by atoms with Gasteiger partial charge in [-0.3, -0.25) is 4.79 Å². The van der Waals surface area contributed by atoms with Crippen LogP contribution in [0.1, 0.15) is 28.4 Å². The van der Waals surface area contributed by atoms with E-state index in [1.54, 1.807) is 72.8 Å². The van der Waals surface area contributed by atoms with Gasteiger partial charge in [0.05, 0.1) is 17.2 Å². The zero-order valence-corrected chi connectivity index (χ0v) is 16.8. The summed E-state index contributed by atoms with van der Waals surface area (Å²) in [6.45, 7) is 1.39. The van der Waals surface area contributed by atoms with Crippen LogP contribution in [0.4, 0.5) is 5.69 Å². The number of hydrogen-bond donors (Lipinski definition) is 1. The Kier molecular flexibility index (Phi) is 6.63. The first-order valence-electron chi connectivity index (χ1n) is 9.02. The van der Waals surface area contributed by atoms with E-state index in [1.807, 2.05) is 6.07 Å². The van der Waals surface area contributed by atoms with Crippen molar-refractivity contribution >= 4 is 40.8 Å². The van der Waals surface area contributed by atoms with E-state index in [0.717, 1.165) is 11.1 Å². The van der Waals surface area contributed by atoms with Crippen molar-refractivity contribution in [2.24, 2.45) is 0 Å². The number of hydrogen-bond acceptors (Lipinski definition) is 4. The molecule has 6 heteroatoms. The molecule has 0 fully saturated rings. The van der Waals surface area contributed by atoms with Crippen molar-refractivity contribution in [3.63, 3.8) is 0 Å². The molecule has 0 aliphatic heterocycles.